The molecule has 0 amide bonds. The van der Waals surface area contributed by atoms with Gasteiger partial charge >= 0.3 is 0 Å². The second-order valence-electron chi connectivity index (χ2n) is 10.8. The molecule has 184 valence electrons. The van der Waals surface area contributed by atoms with Gasteiger partial charge in [0.2, 0.25) is 0 Å². The molecule has 31 heavy (non-hydrogen) atoms. The Morgan fingerprint density at radius 3 is 1.90 bits per heavy atom. The third-order valence-corrected chi connectivity index (χ3v) is 9.82. The van der Waals surface area contributed by atoms with Gasteiger partial charge in [-0.1, -0.05) is 84.0 Å². The maximum atomic E-state index is 5.84. The summed E-state index contributed by atoms with van der Waals surface area (Å²) in [6.07, 6.45) is 35.4. The number of hydrogen-bond donors (Lipinski definition) is 0. The zero-order chi connectivity index (χ0) is 21.9. The molecule has 0 radical (unpaired) electrons. The largest absolute Gasteiger partial charge is 0.378 e. The van der Waals surface area contributed by atoms with Crippen LogP contribution >= 0.6 is 0 Å². The van der Waals surface area contributed by atoms with Gasteiger partial charge in [0, 0.05) is 6.61 Å². The minimum atomic E-state index is 0.600. The van der Waals surface area contributed by atoms with E-state index in [9.17, 15) is 0 Å². The smallest absolute Gasteiger partial charge is 0.125 e. The molecule has 2 fully saturated rings. The van der Waals surface area contributed by atoms with Crippen molar-refractivity contribution in [3.8, 4) is 0 Å². The van der Waals surface area contributed by atoms with Crippen molar-refractivity contribution in [3.63, 3.8) is 0 Å². The van der Waals surface area contributed by atoms with Gasteiger partial charge in [-0.25, -0.2) is 0 Å². The first-order valence-corrected chi connectivity index (χ1v) is 15.7. The lowest BCUT2D eigenvalue weighted by Gasteiger charge is -2.22. The molecule has 2 heteroatoms. The predicted molar refractivity (Wildman–Crippen MR) is 143 cm³/mol. The zero-order valence-corrected chi connectivity index (χ0v) is 22.2. The predicted octanol–water partition coefficient (Wildman–Crippen LogP) is 9.33. The van der Waals surface area contributed by atoms with Crippen LogP contribution in [-0.2, 0) is 16.5 Å². The molecule has 0 spiro atoms. The van der Waals surface area contributed by atoms with Crippen molar-refractivity contribution < 1.29 is 4.74 Å². The topological polar surface area (TPSA) is 9.23 Å². The number of hydrogen-bond acceptors (Lipinski definition) is 1. The highest BCUT2D eigenvalue weighted by Crippen LogP contribution is 2.38. The fourth-order valence-corrected chi connectivity index (χ4v) is 7.63. The SMILES string of the molecule is CCCCCCC1([SH+]CCCCCCCCCCCCCC2CCCCO2)CCCC1. The zero-order valence-electron chi connectivity index (χ0n) is 21.3. The Balaban J connectivity index is 1.31. The van der Waals surface area contributed by atoms with E-state index in [0.717, 1.165) is 11.4 Å². The Hall–Kier alpha value is 0.310. The van der Waals surface area contributed by atoms with Gasteiger partial charge in [0.05, 0.1) is 6.10 Å². The van der Waals surface area contributed by atoms with Gasteiger partial charge in [0.15, 0.2) is 0 Å². The molecule has 1 aliphatic heterocycles. The molecular weight excluding hydrogens is 396 g/mol. The van der Waals surface area contributed by atoms with Gasteiger partial charge in [-0.05, 0) is 88.8 Å². The molecule has 2 aliphatic rings. The first-order valence-electron chi connectivity index (χ1n) is 14.6. The molecule has 1 heterocycles. The summed E-state index contributed by atoms with van der Waals surface area (Å²) < 4.78 is 6.59. The quantitative estimate of drug-likeness (QED) is 0.101. The lowest BCUT2D eigenvalue weighted by molar-refractivity contribution is 0.00977. The van der Waals surface area contributed by atoms with Crippen LogP contribution < -0.4 is 0 Å². The number of unbranched alkanes of at least 4 members (excludes halogenated alkanes) is 13. The maximum absolute atomic E-state index is 5.84. The van der Waals surface area contributed by atoms with E-state index in [4.69, 9.17) is 4.74 Å². The van der Waals surface area contributed by atoms with Gasteiger partial charge in [-0.15, -0.1) is 0 Å². The maximum Gasteiger partial charge on any atom is 0.125 e. The van der Waals surface area contributed by atoms with Crippen LogP contribution in [0, 0.1) is 0 Å². The first-order chi connectivity index (χ1) is 15.3. The van der Waals surface area contributed by atoms with Crippen LogP contribution in [0.3, 0.4) is 0 Å². The summed E-state index contributed by atoms with van der Waals surface area (Å²) in [6, 6.07) is 0. The molecule has 1 aliphatic carbocycles. The Labute approximate surface area is 200 Å². The Morgan fingerprint density at radius 1 is 0.677 bits per heavy atom. The standard InChI is InChI=1S/C29H56OS/c1-2-3-4-16-23-29(24-17-18-25-29)31-27-20-13-11-9-7-5-6-8-10-12-14-21-28-22-15-19-26-30-28/h28H,2-27H2,1H3/p+1. The lowest BCUT2D eigenvalue weighted by Crippen LogP contribution is -2.28. The molecule has 0 N–H and O–H groups in total. The number of thiol groups is 1. The fourth-order valence-electron chi connectivity index (χ4n) is 5.83. The summed E-state index contributed by atoms with van der Waals surface area (Å²) >= 11 is 1.82. The van der Waals surface area contributed by atoms with E-state index in [2.05, 4.69) is 6.92 Å². The first kappa shape index (κ1) is 27.6. The molecule has 0 aromatic heterocycles. The molecule has 2 rings (SSSR count). The van der Waals surface area contributed by atoms with E-state index in [1.54, 1.807) is 0 Å². The van der Waals surface area contributed by atoms with E-state index in [1.165, 1.54) is 160 Å². The molecule has 1 atom stereocenters. The van der Waals surface area contributed by atoms with Gasteiger partial charge in [0.25, 0.3) is 0 Å². The highest BCUT2D eigenvalue weighted by molar-refractivity contribution is 7.80. The van der Waals surface area contributed by atoms with Gasteiger partial charge in [-0.2, -0.15) is 0 Å². The summed E-state index contributed by atoms with van der Waals surface area (Å²) in [5.41, 5.74) is 0. The Bertz CT molecular complexity index is 384. The Kier molecular flexibility index (Phi) is 16.6. The van der Waals surface area contributed by atoms with Crippen molar-refractivity contribution >= 4 is 11.8 Å². The highest BCUT2D eigenvalue weighted by Gasteiger charge is 2.39. The second kappa shape index (κ2) is 18.7. The van der Waals surface area contributed by atoms with Crippen LogP contribution in [0.5, 0.6) is 0 Å². The summed E-state index contributed by atoms with van der Waals surface area (Å²) in [7, 11) is 0. The number of ether oxygens (including phenoxy) is 1. The third kappa shape index (κ3) is 13.6. The highest BCUT2D eigenvalue weighted by atomic mass is 32.2. The van der Waals surface area contributed by atoms with E-state index >= 15 is 0 Å². The van der Waals surface area contributed by atoms with Crippen molar-refractivity contribution in [2.45, 2.75) is 172 Å². The van der Waals surface area contributed by atoms with Gasteiger partial charge in [0.1, 0.15) is 10.5 Å². The van der Waals surface area contributed by atoms with E-state index in [-0.39, 0.29) is 0 Å². The van der Waals surface area contributed by atoms with Crippen LogP contribution in [0.4, 0.5) is 0 Å². The van der Waals surface area contributed by atoms with Crippen LogP contribution in [0.1, 0.15) is 161 Å². The molecule has 1 unspecified atom stereocenters. The molecule has 0 bridgehead atoms. The second-order valence-corrected chi connectivity index (χ2v) is 12.5. The molecule has 1 nitrogen and oxygen atoms in total. The minimum Gasteiger partial charge on any atom is -0.378 e. The summed E-state index contributed by atoms with van der Waals surface area (Å²) in [5.74, 6) is 1.49. The van der Waals surface area contributed by atoms with E-state index in [1.807, 2.05) is 11.8 Å². The normalized spacial score (nSPS) is 21.0. The average Bonchev–Trinajstić information content (AvgIpc) is 3.26. The minimum absolute atomic E-state index is 0.600. The van der Waals surface area contributed by atoms with Gasteiger partial charge in [-0.3, -0.25) is 0 Å². The van der Waals surface area contributed by atoms with E-state index < -0.39 is 0 Å². The fraction of sp³-hybridized carbons (Fsp3) is 1.00. The summed E-state index contributed by atoms with van der Waals surface area (Å²) in [5, 5.41) is 0. The van der Waals surface area contributed by atoms with Crippen molar-refractivity contribution in [2.24, 2.45) is 0 Å². The van der Waals surface area contributed by atoms with Crippen LogP contribution in [0.25, 0.3) is 0 Å². The third-order valence-electron chi connectivity index (χ3n) is 7.94. The molecule has 0 aromatic carbocycles. The average molecular weight is 454 g/mol. The molecular formula is C29H57OS+. The van der Waals surface area contributed by atoms with Gasteiger partial charge < -0.3 is 4.74 Å². The molecule has 0 aromatic rings. The Morgan fingerprint density at radius 2 is 1.29 bits per heavy atom. The number of rotatable bonds is 20. The van der Waals surface area contributed by atoms with Crippen molar-refractivity contribution in [3.05, 3.63) is 0 Å². The van der Waals surface area contributed by atoms with Crippen molar-refractivity contribution in [1.29, 1.82) is 0 Å². The van der Waals surface area contributed by atoms with Crippen LogP contribution in [-0.4, -0.2) is 23.2 Å². The van der Waals surface area contributed by atoms with Crippen molar-refractivity contribution in [2.75, 3.05) is 12.4 Å². The lowest BCUT2D eigenvalue weighted by atomic mass is 9.98. The van der Waals surface area contributed by atoms with Crippen LogP contribution in [0.15, 0.2) is 0 Å². The summed E-state index contributed by atoms with van der Waals surface area (Å²) in [4.78, 5) is 0. The molecule has 1 saturated carbocycles. The summed E-state index contributed by atoms with van der Waals surface area (Å²) in [6.45, 7) is 3.35. The monoisotopic (exact) mass is 453 g/mol. The van der Waals surface area contributed by atoms with Crippen molar-refractivity contribution in [1.82, 2.24) is 0 Å². The van der Waals surface area contributed by atoms with Crippen LogP contribution in [0.2, 0.25) is 0 Å². The van der Waals surface area contributed by atoms with E-state index in [0.29, 0.717) is 6.10 Å². The molecule has 1 saturated heterocycles.